The summed E-state index contributed by atoms with van der Waals surface area (Å²) in [6.45, 7) is 2.48. The molecule has 0 aliphatic heterocycles. The molecule has 6 heteroatoms. The van der Waals surface area contributed by atoms with Crippen molar-refractivity contribution in [2.24, 2.45) is 10.8 Å². The van der Waals surface area contributed by atoms with E-state index in [-0.39, 0.29) is 5.91 Å². The average Bonchev–Trinajstić information content (AvgIpc) is 2.16. The Bertz CT molecular complexity index is 164. The van der Waals surface area contributed by atoms with Gasteiger partial charge in [0.1, 0.15) is 0 Å². The molecule has 4 nitrogen and oxygen atoms in total. The summed E-state index contributed by atoms with van der Waals surface area (Å²) in [7, 11) is 3.38. The molecule has 1 amide bonds. The van der Waals surface area contributed by atoms with Crippen LogP contribution in [0.15, 0.2) is 5.10 Å². The third-order valence-electron chi connectivity index (χ3n) is 1.03. The van der Waals surface area contributed by atoms with Gasteiger partial charge in [-0.15, -0.1) is 0 Å². The molecule has 0 aliphatic carbocycles. The summed E-state index contributed by atoms with van der Waals surface area (Å²) in [6, 6.07) is 0. The fraction of sp³-hybridized carbons (Fsp3) is 0.714. The van der Waals surface area contributed by atoms with Gasteiger partial charge < -0.3 is 5.73 Å². The molecule has 0 rings (SSSR count). The summed E-state index contributed by atoms with van der Waals surface area (Å²) in [5.41, 5.74) is 7.71. The Labute approximate surface area is 86.5 Å². The van der Waals surface area contributed by atoms with Crippen LogP contribution in [0.4, 0.5) is 0 Å². The second kappa shape index (κ2) is 9.88. The topological polar surface area (TPSA) is 67.5 Å². The summed E-state index contributed by atoms with van der Waals surface area (Å²) in [4.78, 5) is 10.7. The van der Waals surface area contributed by atoms with Gasteiger partial charge >= 0.3 is 0 Å². The van der Waals surface area contributed by atoms with Crippen molar-refractivity contribution in [1.82, 2.24) is 5.43 Å². The highest BCUT2D eigenvalue weighted by Gasteiger charge is 1.90. The first-order valence-electron chi connectivity index (χ1n) is 4.06. The van der Waals surface area contributed by atoms with E-state index in [1.54, 1.807) is 34.7 Å². The van der Waals surface area contributed by atoms with E-state index in [1.807, 2.05) is 0 Å². The first-order chi connectivity index (χ1) is 6.31. The molecule has 0 aliphatic rings. The minimum absolute atomic E-state index is 0.0594. The number of rotatable bonds is 7. The number of hydrogen-bond donors (Lipinski definition) is 2. The molecular formula is C7H15N3OS2. The van der Waals surface area contributed by atoms with E-state index in [9.17, 15) is 4.79 Å². The summed E-state index contributed by atoms with van der Waals surface area (Å²) in [5.74, 6) is 1.67. The van der Waals surface area contributed by atoms with Crippen LogP contribution in [0.3, 0.4) is 0 Å². The van der Waals surface area contributed by atoms with Gasteiger partial charge in [-0.1, -0.05) is 28.5 Å². The number of hydrazone groups is 1. The maximum Gasteiger partial charge on any atom is 0.239 e. The Kier molecular flexibility index (Phi) is 9.73. The molecule has 0 bridgehead atoms. The number of carbonyl (C=O) groups is 1. The Morgan fingerprint density at radius 1 is 1.62 bits per heavy atom. The second-order valence-electron chi connectivity index (χ2n) is 2.10. The molecule has 0 aromatic carbocycles. The molecule has 0 fully saturated rings. The van der Waals surface area contributed by atoms with Gasteiger partial charge in [0.15, 0.2) is 0 Å². The van der Waals surface area contributed by atoms with Crippen LogP contribution in [0.25, 0.3) is 0 Å². The highest BCUT2D eigenvalue weighted by Crippen LogP contribution is 2.18. The lowest BCUT2D eigenvalue weighted by molar-refractivity contribution is -0.120. The number of nitrogens with two attached hydrogens (primary N) is 1. The van der Waals surface area contributed by atoms with Gasteiger partial charge in [0.05, 0.1) is 0 Å². The van der Waals surface area contributed by atoms with Gasteiger partial charge in [-0.2, -0.15) is 5.10 Å². The van der Waals surface area contributed by atoms with Crippen molar-refractivity contribution in [3.8, 4) is 0 Å². The normalized spacial score (nSPS) is 10.6. The maximum atomic E-state index is 10.7. The molecule has 13 heavy (non-hydrogen) atoms. The van der Waals surface area contributed by atoms with Crippen LogP contribution in [-0.2, 0) is 4.79 Å². The fourth-order valence-corrected chi connectivity index (χ4v) is 1.98. The van der Waals surface area contributed by atoms with Crippen LogP contribution in [-0.4, -0.2) is 30.2 Å². The largest absolute Gasteiger partial charge is 0.330 e. The molecule has 0 spiro atoms. The quantitative estimate of drug-likeness (QED) is 0.289. The van der Waals surface area contributed by atoms with Gasteiger partial charge in [-0.05, 0) is 0 Å². The lowest BCUT2D eigenvalue weighted by atomic mass is 10.5. The van der Waals surface area contributed by atoms with Crippen molar-refractivity contribution in [2.75, 3.05) is 18.1 Å². The molecule has 3 N–H and O–H groups in total. The van der Waals surface area contributed by atoms with E-state index in [4.69, 9.17) is 5.73 Å². The van der Waals surface area contributed by atoms with Crippen LogP contribution in [0, 0.1) is 0 Å². The van der Waals surface area contributed by atoms with Crippen molar-refractivity contribution in [1.29, 1.82) is 0 Å². The van der Waals surface area contributed by atoms with Crippen LogP contribution in [0.1, 0.15) is 13.3 Å². The van der Waals surface area contributed by atoms with Gasteiger partial charge in [-0.3, -0.25) is 4.79 Å². The molecule has 0 unspecified atom stereocenters. The van der Waals surface area contributed by atoms with Gasteiger partial charge in [0.25, 0.3) is 0 Å². The predicted molar refractivity (Wildman–Crippen MR) is 60.9 cm³/mol. The molecule has 0 saturated carbocycles. The molecule has 0 saturated heterocycles. The molecule has 0 heterocycles. The zero-order valence-corrected chi connectivity index (χ0v) is 9.29. The van der Waals surface area contributed by atoms with Gasteiger partial charge in [0, 0.05) is 30.7 Å². The van der Waals surface area contributed by atoms with E-state index >= 15 is 0 Å². The van der Waals surface area contributed by atoms with Crippen LogP contribution >= 0.6 is 21.6 Å². The molecule has 76 valence electrons. The second-order valence-corrected chi connectivity index (χ2v) is 4.72. The lowest BCUT2D eigenvalue weighted by Gasteiger charge is -1.95. The number of carbonyl (C=O) groups excluding carboxylic acids is 1. The number of amides is 1. The maximum absolute atomic E-state index is 10.7. The van der Waals surface area contributed by atoms with Crippen molar-refractivity contribution in [2.45, 2.75) is 13.3 Å². The molecule has 0 atom stereocenters. The van der Waals surface area contributed by atoms with Gasteiger partial charge in [0.2, 0.25) is 5.91 Å². The zero-order valence-electron chi connectivity index (χ0n) is 7.66. The first kappa shape index (κ1) is 12.8. The summed E-state index contributed by atoms with van der Waals surface area (Å²) >= 11 is 0. The minimum atomic E-state index is -0.0594. The number of nitrogens with zero attached hydrogens (tertiary/aromatic N) is 1. The average molecular weight is 221 g/mol. The van der Waals surface area contributed by atoms with E-state index < -0.39 is 0 Å². The molecule has 0 aromatic rings. The summed E-state index contributed by atoms with van der Waals surface area (Å²) < 4.78 is 0. The van der Waals surface area contributed by atoms with E-state index in [2.05, 4.69) is 10.5 Å². The Hall–Kier alpha value is -0.200. The van der Waals surface area contributed by atoms with Crippen molar-refractivity contribution < 1.29 is 4.79 Å². The standard InChI is InChI=1S/C7H15N3OS2/c1-2-7(11)10-9-4-6-13-12-5-3-8/h4H,2-3,5-6,8H2,1H3,(H,10,11). The van der Waals surface area contributed by atoms with E-state index in [0.29, 0.717) is 13.0 Å². The summed E-state index contributed by atoms with van der Waals surface area (Å²) in [6.07, 6.45) is 2.15. The van der Waals surface area contributed by atoms with Crippen molar-refractivity contribution in [3.63, 3.8) is 0 Å². The molecular weight excluding hydrogens is 206 g/mol. The smallest absolute Gasteiger partial charge is 0.239 e. The minimum Gasteiger partial charge on any atom is -0.330 e. The number of hydrogen-bond acceptors (Lipinski definition) is 5. The Morgan fingerprint density at radius 3 is 3.00 bits per heavy atom. The Morgan fingerprint density at radius 2 is 2.38 bits per heavy atom. The van der Waals surface area contributed by atoms with Crippen molar-refractivity contribution in [3.05, 3.63) is 0 Å². The number of nitrogens with one attached hydrogen (secondary N) is 1. The first-order valence-corrected chi connectivity index (χ1v) is 6.55. The van der Waals surface area contributed by atoms with E-state index in [0.717, 1.165) is 11.5 Å². The van der Waals surface area contributed by atoms with Crippen LogP contribution in [0.5, 0.6) is 0 Å². The third-order valence-corrected chi connectivity index (χ3v) is 3.29. The fourth-order valence-electron chi connectivity index (χ4n) is 0.420. The highest BCUT2D eigenvalue weighted by molar-refractivity contribution is 8.76. The monoisotopic (exact) mass is 221 g/mol. The highest BCUT2D eigenvalue weighted by atomic mass is 33.1. The molecule has 0 radical (unpaired) electrons. The Balaban J connectivity index is 3.17. The summed E-state index contributed by atoms with van der Waals surface area (Å²) in [5, 5.41) is 3.75. The third kappa shape index (κ3) is 9.72. The van der Waals surface area contributed by atoms with Crippen LogP contribution in [0.2, 0.25) is 0 Å². The predicted octanol–water partition coefficient (Wildman–Crippen LogP) is 0.839. The van der Waals surface area contributed by atoms with Crippen molar-refractivity contribution >= 4 is 33.7 Å². The lowest BCUT2D eigenvalue weighted by Crippen LogP contribution is -2.15. The zero-order chi connectivity index (χ0) is 9.94. The SMILES string of the molecule is CCC(=O)NN=CCSSCCN. The van der Waals surface area contributed by atoms with E-state index in [1.165, 1.54) is 0 Å². The van der Waals surface area contributed by atoms with Crippen LogP contribution < -0.4 is 11.2 Å². The van der Waals surface area contributed by atoms with Gasteiger partial charge in [-0.25, -0.2) is 5.43 Å². The molecule has 0 aromatic heterocycles.